The first-order valence-electron chi connectivity index (χ1n) is 8.83. The molecule has 4 unspecified atom stereocenters. The lowest BCUT2D eigenvalue weighted by Gasteiger charge is -2.16. The summed E-state index contributed by atoms with van der Waals surface area (Å²) in [4.78, 5) is 23.6. The number of aliphatic hydroxyl groups excluding tert-OH is 2. The van der Waals surface area contributed by atoms with E-state index in [-0.39, 0.29) is 37.3 Å². The van der Waals surface area contributed by atoms with Gasteiger partial charge >= 0.3 is 6.03 Å². The van der Waals surface area contributed by atoms with E-state index in [0.29, 0.717) is 0 Å². The van der Waals surface area contributed by atoms with Gasteiger partial charge in [-0.2, -0.15) is 0 Å². The first-order valence-corrected chi connectivity index (χ1v) is 8.83. The van der Waals surface area contributed by atoms with E-state index in [1.54, 1.807) is 12.1 Å². The van der Waals surface area contributed by atoms with Crippen LogP contribution in [0.4, 0.5) is 9.18 Å². The molecular weight excluding hydrogens is 357 g/mol. The van der Waals surface area contributed by atoms with Crippen molar-refractivity contribution in [2.75, 3.05) is 6.54 Å². The molecule has 0 bridgehead atoms. The second kappa shape index (κ2) is 9.63. The normalized spacial score (nSPS) is 24.7. The lowest BCUT2D eigenvalue weighted by molar-refractivity contribution is -0.125. The molecule has 3 amide bonds. The van der Waals surface area contributed by atoms with Crippen LogP contribution in [0.15, 0.2) is 24.3 Å². The first-order chi connectivity index (χ1) is 12.8. The number of halogens is 1. The minimum absolute atomic E-state index is 0.00444. The van der Waals surface area contributed by atoms with Gasteiger partial charge in [-0.25, -0.2) is 9.18 Å². The summed E-state index contributed by atoms with van der Waals surface area (Å²) in [6.07, 6.45) is -4.28. The largest absolute Gasteiger partial charge is 0.388 e. The summed E-state index contributed by atoms with van der Waals surface area (Å²) < 4.78 is 18.4. The summed E-state index contributed by atoms with van der Waals surface area (Å²) in [6, 6.07) is 5.27. The van der Waals surface area contributed by atoms with E-state index in [1.807, 2.05) is 13.8 Å². The summed E-state index contributed by atoms with van der Waals surface area (Å²) in [6.45, 7) is 3.84. The van der Waals surface area contributed by atoms with Crippen LogP contribution in [0.3, 0.4) is 0 Å². The van der Waals surface area contributed by atoms with E-state index in [4.69, 9.17) is 4.74 Å². The summed E-state index contributed by atoms with van der Waals surface area (Å²) in [5, 5.41) is 28.0. The molecule has 0 spiro atoms. The number of urea groups is 1. The van der Waals surface area contributed by atoms with Gasteiger partial charge in [0, 0.05) is 19.1 Å². The molecule has 2 rings (SSSR count). The van der Waals surface area contributed by atoms with Crippen LogP contribution >= 0.6 is 0 Å². The van der Waals surface area contributed by atoms with Crippen molar-refractivity contribution >= 4 is 11.9 Å². The maximum Gasteiger partial charge on any atom is 0.315 e. The van der Waals surface area contributed by atoms with Crippen molar-refractivity contribution in [1.29, 1.82) is 0 Å². The van der Waals surface area contributed by atoms with Crippen molar-refractivity contribution < 1.29 is 28.9 Å². The third kappa shape index (κ3) is 6.46. The molecule has 1 saturated heterocycles. The molecule has 0 radical (unpaired) electrons. The zero-order valence-electron chi connectivity index (χ0n) is 15.3. The van der Waals surface area contributed by atoms with Gasteiger partial charge < -0.3 is 30.9 Å². The number of benzene rings is 1. The summed E-state index contributed by atoms with van der Waals surface area (Å²) in [7, 11) is 0. The number of hydrogen-bond acceptors (Lipinski definition) is 5. The van der Waals surface area contributed by atoms with Gasteiger partial charge in [0.25, 0.3) is 0 Å². The minimum atomic E-state index is -1.23. The van der Waals surface area contributed by atoms with Crippen LogP contribution in [0.2, 0.25) is 0 Å². The molecule has 1 aliphatic rings. The number of hydrogen-bond donors (Lipinski definition) is 5. The monoisotopic (exact) mass is 383 g/mol. The highest BCUT2D eigenvalue weighted by Crippen LogP contribution is 2.23. The number of rotatable bonds is 7. The van der Waals surface area contributed by atoms with Crippen molar-refractivity contribution in [3.8, 4) is 0 Å². The smallest absolute Gasteiger partial charge is 0.315 e. The van der Waals surface area contributed by atoms with Gasteiger partial charge in [-0.3, -0.25) is 4.79 Å². The van der Waals surface area contributed by atoms with Gasteiger partial charge in [-0.05, 0) is 31.5 Å². The lowest BCUT2D eigenvalue weighted by atomic mass is 10.1. The number of carbonyl (C=O) groups is 2. The van der Waals surface area contributed by atoms with Crippen LogP contribution in [0.1, 0.15) is 25.8 Å². The molecule has 4 atom stereocenters. The minimum Gasteiger partial charge on any atom is -0.388 e. The maximum absolute atomic E-state index is 12.9. The summed E-state index contributed by atoms with van der Waals surface area (Å²) >= 11 is 0. The fourth-order valence-electron chi connectivity index (χ4n) is 2.73. The molecule has 9 heteroatoms. The predicted molar refractivity (Wildman–Crippen MR) is 95.2 cm³/mol. The Kier molecular flexibility index (Phi) is 7.52. The molecule has 5 N–H and O–H groups in total. The van der Waals surface area contributed by atoms with Crippen LogP contribution < -0.4 is 16.0 Å². The van der Waals surface area contributed by atoms with E-state index < -0.39 is 30.4 Å². The van der Waals surface area contributed by atoms with Crippen molar-refractivity contribution in [2.24, 2.45) is 0 Å². The Morgan fingerprint density at radius 3 is 2.37 bits per heavy atom. The average molecular weight is 383 g/mol. The second-order valence-electron chi connectivity index (χ2n) is 6.81. The van der Waals surface area contributed by atoms with Gasteiger partial charge in [0.1, 0.15) is 24.1 Å². The van der Waals surface area contributed by atoms with Crippen LogP contribution in [-0.2, 0) is 16.1 Å². The summed E-state index contributed by atoms with van der Waals surface area (Å²) in [5.41, 5.74) is 0.732. The van der Waals surface area contributed by atoms with Crippen LogP contribution in [0.5, 0.6) is 0 Å². The van der Waals surface area contributed by atoms with E-state index >= 15 is 0 Å². The first kappa shape index (κ1) is 21.1. The van der Waals surface area contributed by atoms with E-state index in [0.717, 1.165) is 5.56 Å². The molecule has 1 fully saturated rings. The van der Waals surface area contributed by atoms with E-state index in [2.05, 4.69) is 16.0 Å². The Balaban J connectivity index is 1.77. The fourth-order valence-corrected chi connectivity index (χ4v) is 2.73. The topological polar surface area (TPSA) is 120 Å². The third-order valence-electron chi connectivity index (χ3n) is 4.13. The zero-order valence-corrected chi connectivity index (χ0v) is 15.3. The highest BCUT2D eigenvalue weighted by Gasteiger charge is 2.43. The molecule has 1 aromatic rings. The number of ether oxygens (including phenoxy) is 1. The molecule has 1 aliphatic heterocycles. The lowest BCUT2D eigenvalue weighted by Crippen LogP contribution is -2.45. The number of amides is 3. The average Bonchev–Trinajstić information content (AvgIpc) is 2.87. The van der Waals surface area contributed by atoms with Crippen LogP contribution in [-0.4, -0.2) is 59.2 Å². The van der Waals surface area contributed by atoms with Gasteiger partial charge in [0.15, 0.2) is 0 Å². The van der Waals surface area contributed by atoms with Crippen molar-refractivity contribution in [1.82, 2.24) is 16.0 Å². The molecule has 0 aromatic heterocycles. The Hall–Kier alpha value is -2.23. The summed E-state index contributed by atoms with van der Waals surface area (Å²) in [5.74, 6) is -0.731. The molecule has 27 heavy (non-hydrogen) atoms. The standard InChI is InChI=1S/C18H26FN3O5/c1-10(2)22-18(26)21-9-14-17(25)16(24)13(27-14)7-15(23)20-8-11-3-5-12(19)6-4-11/h3-6,10,13-14,16-17,24-25H,7-9H2,1-2H3,(H,20,23)(H2,21,22,26). The predicted octanol–water partition coefficient (Wildman–Crippen LogP) is 0.0288. The highest BCUT2D eigenvalue weighted by atomic mass is 19.1. The molecule has 0 saturated carbocycles. The second-order valence-corrected chi connectivity index (χ2v) is 6.81. The molecule has 0 aliphatic carbocycles. The number of carbonyl (C=O) groups excluding carboxylic acids is 2. The van der Waals surface area contributed by atoms with Crippen molar-refractivity contribution in [3.05, 3.63) is 35.6 Å². The maximum atomic E-state index is 12.9. The number of nitrogens with one attached hydrogen (secondary N) is 3. The van der Waals surface area contributed by atoms with E-state index in [1.165, 1.54) is 12.1 Å². The molecule has 1 heterocycles. The van der Waals surface area contributed by atoms with E-state index in [9.17, 15) is 24.2 Å². The molecule has 1 aromatic carbocycles. The fraction of sp³-hybridized carbons (Fsp3) is 0.556. The van der Waals surface area contributed by atoms with Gasteiger partial charge in [0.05, 0.1) is 12.5 Å². The SMILES string of the molecule is CC(C)NC(=O)NCC1OC(CC(=O)NCc2ccc(F)cc2)C(O)C1O. The van der Waals surface area contributed by atoms with Crippen molar-refractivity contribution in [2.45, 2.75) is 57.3 Å². The van der Waals surface area contributed by atoms with Crippen molar-refractivity contribution in [3.63, 3.8) is 0 Å². The Morgan fingerprint density at radius 1 is 1.11 bits per heavy atom. The molecular formula is C18H26FN3O5. The van der Waals surface area contributed by atoms with Gasteiger partial charge in [-0.15, -0.1) is 0 Å². The Bertz CT molecular complexity index is 640. The zero-order chi connectivity index (χ0) is 20.0. The van der Waals surface area contributed by atoms with Crippen LogP contribution in [0, 0.1) is 5.82 Å². The quantitative estimate of drug-likeness (QED) is 0.455. The molecule has 8 nitrogen and oxygen atoms in total. The molecule has 150 valence electrons. The Labute approximate surface area is 157 Å². The van der Waals surface area contributed by atoms with Crippen LogP contribution in [0.25, 0.3) is 0 Å². The highest BCUT2D eigenvalue weighted by molar-refractivity contribution is 5.76. The number of aliphatic hydroxyl groups is 2. The third-order valence-corrected chi connectivity index (χ3v) is 4.13. The van der Waals surface area contributed by atoms with Gasteiger partial charge in [-0.1, -0.05) is 12.1 Å². The van der Waals surface area contributed by atoms with Gasteiger partial charge in [0.2, 0.25) is 5.91 Å². The Morgan fingerprint density at radius 2 is 1.74 bits per heavy atom.